The van der Waals surface area contributed by atoms with Crippen molar-refractivity contribution in [2.24, 2.45) is 5.73 Å². The summed E-state index contributed by atoms with van der Waals surface area (Å²) in [7, 11) is 1.38. The van der Waals surface area contributed by atoms with Gasteiger partial charge in [-0.2, -0.15) is 0 Å². The number of likely N-dealkylation sites (tertiary alicyclic amines) is 1. The third-order valence-corrected chi connectivity index (χ3v) is 3.72. The van der Waals surface area contributed by atoms with Gasteiger partial charge in [-0.25, -0.2) is 4.79 Å². The summed E-state index contributed by atoms with van der Waals surface area (Å²) in [5.41, 5.74) is 7.47. The first-order valence-corrected chi connectivity index (χ1v) is 6.73. The molecule has 5 heteroatoms. The molecule has 1 aromatic carbocycles. The van der Waals surface area contributed by atoms with Crippen molar-refractivity contribution in [3.8, 4) is 0 Å². The third kappa shape index (κ3) is 3.30. The maximum atomic E-state index is 11.3. The van der Waals surface area contributed by atoms with E-state index in [0.717, 1.165) is 31.5 Å². The van der Waals surface area contributed by atoms with Crippen molar-refractivity contribution in [2.75, 3.05) is 13.7 Å². The highest BCUT2D eigenvalue weighted by Crippen LogP contribution is 2.20. The summed E-state index contributed by atoms with van der Waals surface area (Å²) < 4.78 is 4.68. The van der Waals surface area contributed by atoms with Gasteiger partial charge in [-0.3, -0.25) is 4.90 Å². The Labute approximate surface area is 118 Å². The van der Waals surface area contributed by atoms with Crippen LogP contribution in [0.2, 0.25) is 0 Å². The van der Waals surface area contributed by atoms with Crippen molar-refractivity contribution >= 4 is 23.2 Å². The van der Waals surface area contributed by atoms with Crippen LogP contribution in [-0.4, -0.2) is 35.6 Å². The van der Waals surface area contributed by atoms with E-state index in [0.29, 0.717) is 10.6 Å². The summed E-state index contributed by atoms with van der Waals surface area (Å²) in [4.78, 5) is 14.2. The molecule has 1 aromatic rings. The lowest BCUT2D eigenvalue weighted by molar-refractivity contribution is 0.0600. The Morgan fingerprint density at radius 2 is 2.16 bits per heavy atom. The molecule has 4 nitrogen and oxygen atoms in total. The minimum atomic E-state index is -0.311. The number of methoxy groups -OCH3 is 1. The van der Waals surface area contributed by atoms with Crippen molar-refractivity contribution in [3.63, 3.8) is 0 Å². The molecule has 1 unspecified atom stereocenters. The SMILES string of the molecule is COC(=O)c1ccc(CN2CCCC2C(N)=S)cc1. The van der Waals surface area contributed by atoms with E-state index < -0.39 is 0 Å². The number of nitrogens with zero attached hydrogens (tertiary/aromatic N) is 1. The zero-order chi connectivity index (χ0) is 13.8. The second-order valence-electron chi connectivity index (χ2n) is 4.72. The molecule has 0 aliphatic carbocycles. The number of hydrogen-bond donors (Lipinski definition) is 1. The van der Waals surface area contributed by atoms with Crippen LogP contribution >= 0.6 is 12.2 Å². The number of ether oxygens (including phenoxy) is 1. The van der Waals surface area contributed by atoms with Crippen molar-refractivity contribution in [1.82, 2.24) is 4.90 Å². The highest BCUT2D eigenvalue weighted by atomic mass is 32.1. The van der Waals surface area contributed by atoms with Crippen LogP contribution in [0.1, 0.15) is 28.8 Å². The molecule has 0 spiro atoms. The van der Waals surface area contributed by atoms with Crippen molar-refractivity contribution < 1.29 is 9.53 Å². The summed E-state index contributed by atoms with van der Waals surface area (Å²) in [6.07, 6.45) is 2.16. The highest BCUT2D eigenvalue weighted by Gasteiger charge is 2.26. The predicted molar refractivity (Wildman–Crippen MR) is 78.0 cm³/mol. The van der Waals surface area contributed by atoms with Crippen LogP contribution in [0, 0.1) is 0 Å². The van der Waals surface area contributed by atoms with E-state index in [2.05, 4.69) is 9.64 Å². The fraction of sp³-hybridized carbons (Fsp3) is 0.429. The molecule has 1 aliphatic heterocycles. The van der Waals surface area contributed by atoms with Gasteiger partial charge in [0.2, 0.25) is 0 Å². The van der Waals surface area contributed by atoms with E-state index in [1.807, 2.05) is 12.1 Å². The van der Waals surface area contributed by atoms with E-state index in [4.69, 9.17) is 18.0 Å². The molecule has 0 radical (unpaired) electrons. The van der Waals surface area contributed by atoms with Crippen molar-refractivity contribution in [1.29, 1.82) is 0 Å². The summed E-state index contributed by atoms with van der Waals surface area (Å²) in [6.45, 7) is 1.82. The molecule has 0 amide bonds. The van der Waals surface area contributed by atoms with Crippen molar-refractivity contribution in [3.05, 3.63) is 35.4 Å². The van der Waals surface area contributed by atoms with E-state index in [1.165, 1.54) is 7.11 Å². The first kappa shape index (κ1) is 14.0. The number of rotatable bonds is 4. The average molecular weight is 278 g/mol. The van der Waals surface area contributed by atoms with E-state index in [1.54, 1.807) is 12.1 Å². The summed E-state index contributed by atoms with van der Waals surface area (Å²) >= 11 is 5.09. The monoisotopic (exact) mass is 278 g/mol. The number of hydrogen-bond acceptors (Lipinski definition) is 4. The van der Waals surface area contributed by atoms with Gasteiger partial charge in [0.15, 0.2) is 0 Å². The number of carbonyl (C=O) groups excluding carboxylic acids is 1. The lowest BCUT2D eigenvalue weighted by Gasteiger charge is -2.23. The minimum Gasteiger partial charge on any atom is -0.465 e. The van der Waals surface area contributed by atoms with E-state index in [9.17, 15) is 4.79 Å². The molecule has 0 bridgehead atoms. The first-order valence-electron chi connectivity index (χ1n) is 6.32. The quantitative estimate of drug-likeness (QED) is 0.671. The summed E-state index contributed by atoms with van der Waals surface area (Å²) in [5, 5.41) is 0. The second kappa shape index (κ2) is 6.12. The molecule has 1 heterocycles. The molecule has 1 aliphatic rings. The van der Waals surface area contributed by atoms with Crippen LogP contribution in [0.5, 0.6) is 0 Å². The Morgan fingerprint density at radius 3 is 2.74 bits per heavy atom. The number of nitrogens with two attached hydrogens (primary N) is 1. The number of benzene rings is 1. The zero-order valence-corrected chi connectivity index (χ0v) is 11.8. The molecule has 102 valence electrons. The molecule has 1 atom stereocenters. The molecule has 0 aromatic heterocycles. The second-order valence-corrected chi connectivity index (χ2v) is 5.19. The lowest BCUT2D eigenvalue weighted by Crippen LogP contribution is -2.38. The Morgan fingerprint density at radius 1 is 1.47 bits per heavy atom. The maximum absolute atomic E-state index is 11.3. The smallest absolute Gasteiger partial charge is 0.337 e. The van der Waals surface area contributed by atoms with Crippen LogP contribution in [0.3, 0.4) is 0 Å². The third-order valence-electron chi connectivity index (χ3n) is 3.45. The van der Waals surface area contributed by atoms with Crippen LogP contribution in [0.4, 0.5) is 0 Å². The minimum absolute atomic E-state index is 0.204. The van der Waals surface area contributed by atoms with Gasteiger partial charge in [0.05, 0.1) is 23.7 Å². The topological polar surface area (TPSA) is 55.6 Å². The van der Waals surface area contributed by atoms with Gasteiger partial charge in [0.25, 0.3) is 0 Å². The Hall–Kier alpha value is -1.46. The molecular weight excluding hydrogens is 260 g/mol. The summed E-state index contributed by atoms with van der Waals surface area (Å²) in [5.74, 6) is -0.311. The van der Waals surface area contributed by atoms with Gasteiger partial charge in [0.1, 0.15) is 0 Å². The largest absolute Gasteiger partial charge is 0.465 e. The molecular formula is C14H18N2O2S. The number of carbonyl (C=O) groups is 1. The first-order chi connectivity index (χ1) is 9.11. The van der Waals surface area contributed by atoms with Crippen LogP contribution in [0.15, 0.2) is 24.3 Å². The van der Waals surface area contributed by atoms with Crippen LogP contribution < -0.4 is 5.73 Å². The Balaban J connectivity index is 2.03. The Bertz CT molecular complexity index is 473. The Kier molecular flexibility index (Phi) is 4.50. The number of esters is 1. The van der Waals surface area contributed by atoms with Gasteiger partial charge in [0, 0.05) is 6.54 Å². The van der Waals surface area contributed by atoms with Gasteiger partial charge in [-0.05, 0) is 37.1 Å². The maximum Gasteiger partial charge on any atom is 0.337 e. The van der Waals surface area contributed by atoms with E-state index in [-0.39, 0.29) is 12.0 Å². The van der Waals surface area contributed by atoms with Gasteiger partial charge in [-0.15, -0.1) is 0 Å². The molecule has 1 saturated heterocycles. The summed E-state index contributed by atoms with van der Waals surface area (Å²) in [6, 6.07) is 7.66. The standard InChI is InChI=1S/C14H18N2O2S/c1-18-14(17)11-6-4-10(5-7-11)9-16-8-2-3-12(16)13(15)19/h4-7,12H,2-3,8-9H2,1H3,(H2,15,19). The predicted octanol–water partition coefficient (Wildman–Crippen LogP) is 1.72. The molecule has 19 heavy (non-hydrogen) atoms. The van der Waals surface area contributed by atoms with Crippen LogP contribution in [0.25, 0.3) is 0 Å². The zero-order valence-electron chi connectivity index (χ0n) is 11.0. The van der Waals surface area contributed by atoms with Crippen LogP contribution in [-0.2, 0) is 11.3 Å². The van der Waals surface area contributed by atoms with Crippen molar-refractivity contribution in [2.45, 2.75) is 25.4 Å². The van der Waals surface area contributed by atoms with Gasteiger partial charge in [-0.1, -0.05) is 24.4 Å². The normalized spacial score (nSPS) is 19.3. The average Bonchev–Trinajstić information content (AvgIpc) is 2.87. The number of thiocarbonyl (C=S) groups is 1. The molecule has 2 N–H and O–H groups in total. The molecule has 1 fully saturated rings. The fourth-order valence-corrected chi connectivity index (χ4v) is 2.70. The molecule has 0 saturated carbocycles. The fourth-order valence-electron chi connectivity index (χ4n) is 2.44. The molecule has 2 rings (SSSR count). The van der Waals surface area contributed by atoms with E-state index >= 15 is 0 Å². The van der Waals surface area contributed by atoms with Gasteiger partial charge >= 0.3 is 5.97 Å². The highest BCUT2D eigenvalue weighted by molar-refractivity contribution is 7.80. The van der Waals surface area contributed by atoms with Gasteiger partial charge < -0.3 is 10.5 Å². The lowest BCUT2D eigenvalue weighted by atomic mass is 10.1.